The number of esters is 1. The van der Waals surface area contributed by atoms with Crippen LogP contribution in [0.5, 0.6) is 0 Å². The summed E-state index contributed by atoms with van der Waals surface area (Å²) in [6.07, 6.45) is 64.9. The fourth-order valence-electron chi connectivity index (χ4n) is 9.28. The Morgan fingerprint density at radius 2 is 0.723 bits per heavy atom. The Labute approximate surface area is 406 Å². The number of unbranched alkanes of at least 4 members (excludes halogenated alkanes) is 42. The van der Waals surface area contributed by atoms with Crippen LogP contribution in [0, 0.1) is 0 Å². The predicted molar refractivity (Wildman–Crippen MR) is 283 cm³/mol. The molecule has 0 saturated carbocycles. The average molecular weight is 919 g/mol. The highest BCUT2D eigenvalue weighted by molar-refractivity contribution is 5.76. The average Bonchev–Trinajstić information content (AvgIpc) is 3.31. The molecule has 0 aliphatic heterocycles. The Balaban J connectivity index is 3.45. The Bertz CT molecular complexity index is 970. The fourth-order valence-corrected chi connectivity index (χ4v) is 9.28. The van der Waals surface area contributed by atoms with Gasteiger partial charge in [-0.25, -0.2) is 0 Å². The van der Waals surface area contributed by atoms with Crippen molar-refractivity contribution in [2.45, 2.75) is 341 Å². The second kappa shape index (κ2) is 55.2. The number of rotatable bonds is 55. The third kappa shape index (κ3) is 51.8. The first kappa shape index (κ1) is 63.6. The van der Waals surface area contributed by atoms with Crippen molar-refractivity contribution in [3.05, 3.63) is 12.2 Å². The minimum absolute atomic E-state index is 0.0209. The van der Waals surface area contributed by atoms with Gasteiger partial charge < -0.3 is 20.3 Å². The number of amides is 1. The monoisotopic (exact) mass is 918 g/mol. The predicted octanol–water partition coefficient (Wildman–Crippen LogP) is 18.1. The van der Waals surface area contributed by atoms with Gasteiger partial charge in [-0.3, -0.25) is 9.59 Å². The summed E-state index contributed by atoms with van der Waals surface area (Å²) in [6.45, 7) is 4.92. The lowest BCUT2D eigenvalue weighted by atomic mass is 10.0. The Kier molecular flexibility index (Phi) is 54.0. The number of carbonyl (C=O) groups excluding carboxylic acids is 2. The summed E-state index contributed by atoms with van der Waals surface area (Å²) < 4.78 is 5.46. The summed E-state index contributed by atoms with van der Waals surface area (Å²) in [5.41, 5.74) is 0. The van der Waals surface area contributed by atoms with Crippen molar-refractivity contribution >= 4 is 11.9 Å². The van der Waals surface area contributed by atoms with Crippen molar-refractivity contribution in [2.75, 3.05) is 13.2 Å². The van der Waals surface area contributed by atoms with Crippen LogP contribution in [0.25, 0.3) is 0 Å². The number of aliphatic hydroxyl groups excluding tert-OH is 2. The lowest BCUT2D eigenvalue weighted by Gasteiger charge is -2.22. The fraction of sp³-hybridized carbons (Fsp3) is 0.932. The van der Waals surface area contributed by atoms with Crippen LogP contribution in [0.3, 0.4) is 0 Å². The van der Waals surface area contributed by atoms with E-state index in [2.05, 4.69) is 31.3 Å². The second-order valence-electron chi connectivity index (χ2n) is 20.3. The Morgan fingerprint density at radius 1 is 0.415 bits per heavy atom. The van der Waals surface area contributed by atoms with E-state index in [1.807, 2.05) is 0 Å². The quantitative estimate of drug-likeness (QED) is 0.0321. The molecule has 2 atom stereocenters. The molecule has 0 rings (SSSR count). The van der Waals surface area contributed by atoms with E-state index in [4.69, 9.17) is 4.74 Å². The maximum atomic E-state index is 12.5. The van der Waals surface area contributed by atoms with E-state index in [-0.39, 0.29) is 18.5 Å². The van der Waals surface area contributed by atoms with E-state index in [0.29, 0.717) is 25.9 Å². The molecule has 1 amide bonds. The molecule has 0 aliphatic carbocycles. The molecular formula is C59H115NO5. The highest BCUT2D eigenvalue weighted by atomic mass is 16.5. The topological polar surface area (TPSA) is 95.9 Å². The van der Waals surface area contributed by atoms with Crippen LogP contribution in [-0.4, -0.2) is 47.4 Å². The van der Waals surface area contributed by atoms with Crippen molar-refractivity contribution in [1.82, 2.24) is 5.32 Å². The number of nitrogens with one attached hydrogen (secondary N) is 1. The van der Waals surface area contributed by atoms with Gasteiger partial charge in [0, 0.05) is 12.8 Å². The minimum Gasteiger partial charge on any atom is -0.466 e. The van der Waals surface area contributed by atoms with Gasteiger partial charge in [0.1, 0.15) is 0 Å². The molecule has 0 bridgehead atoms. The van der Waals surface area contributed by atoms with E-state index in [1.165, 1.54) is 238 Å². The summed E-state index contributed by atoms with van der Waals surface area (Å²) in [5.74, 6) is -0.0714. The van der Waals surface area contributed by atoms with Crippen molar-refractivity contribution in [3.8, 4) is 0 Å². The van der Waals surface area contributed by atoms with Gasteiger partial charge in [0.15, 0.2) is 0 Å². The number of hydrogen-bond acceptors (Lipinski definition) is 5. The Hall–Kier alpha value is -1.40. The smallest absolute Gasteiger partial charge is 0.305 e. The van der Waals surface area contributed by atoms with Gasteiger partial charge in [-0.1, -0.05) is 276 Å². The molecule has 6 heteroatoms. The van der Waals surface area contributed by atoms with Crippen LogP contribution in [0.2, 0.25) is 0 Å². The van der Waals surface area contributed by atoms with Crippen molar-refractivity contribution in [1.29, 1.82) is 0 Å². The largest absolute Gasteiger partial charge is 0.466 e. The van der Waals surface area contributed by atoms with Crippen LogP contribution in [0.15, 0.2) is 12.2 Å². The summed E-state index contributed by atoms with van der Waals surface area (Å²) in [5, 5.41) is 23.3. The first-order chi connectivity index (χ1) is 32.0. The lowest BCUT2D eigenvalue weighted by molar-refractivity contribution is -0.143. The van der Waals surface area contributed by atoms with Crippen LogP contribution in [0.4, 0.5) is 0 Å². The van der Waals surface area contributed by atoms with Crippen molar-refractivity contribution in [3.63, 3.8) is 0 Å². The summed E-state index contributed by atoms with van der Waals surface area (Å²) >= 11 is 0. The molecule has 0 aromatic rings. The summed E-state index contributed by atoms with van der Waals surface area (Å²) in [6, 6.07) is -0.556. The van der Waals surface area contributed by atoms with E-state index >= 15 is 0 Å². The third-order valence-corrected chi connectivity index (χ3v) is 13.8. The number of ether oxygens (including phenoxy) is 1. The van der Waals surface area contributed by atoms with Crippen LogP contribution < -0.4 is 5.32 Å². The molecule has 2 unspecified atom stereocenters. The molecule has 0 aliphatic rings. The molecule has 0 aromatic heterocycles. The van der Waals surface area contributed by atoms with Crippen LogP contribution in [-0.2, 0) is 14.3 Å². The minimum atomic E-state index is -0.677. The van der Waals surface area contributed by atoms with E-state index in [1.54, 1.807) is 0 Å². The molecular weight excluding hydrogens is 803 g/mol. The maximum absolute atomic E-state index is 12.5. The first-order valence-corrected chi connectivity index (χ1v) is 29.4. The molecule has 0 fully saturated rings. The van der Waals surface area contributed by atoms with Gasteiger partial charge in [-0.2, -0.15) is 0 Å². The number of hydrogen-bond donors (Lipinski definition) is 3. The SMILES string of the molecule is CCCCCCC/C=C\CCCCCCCC(=O)OCCCCCCCCCCCCCC(=O)NC(CO)C(O)CCCCCCCCCCCCCCCCCCCCCCCCC. The maximum Gasteiger partial charge on any atom is 0.305 e. The van der Waals surface area contributed by atoms with Gasteiger partial charge in [-0.05, 0) is 51.4 Å². The zero-order valence-corrected chi connectivity index (χ0v) is 44.0. The lowest BCUT2D eigenvalue weighted by Crippen LogP contribution is -2.45. The normalized spacial score (nSPS) is 12.6. The summed E-state index contributed by atoms with van der Waals surface area (Å²) in [4.78, 5) is 24.5. The zero-order chi connectivity index (χ0) is 47.2. The molecule has 0 spiro atoms. The Morgan fingerprint density at radius 3 is 1.09 bits per heavy atom. The highest BCUT2D eigenvalue weighted by Crippen LogP contribution is 2.18. The van der Waals surface area contributed by atoms with Gasteiger partial charge in [0.05, 0.1) is 25.4 Å². The van der Waals surface area contributed by atoms with E-state index in [9.17, 15) is 19.8 Å². The van der Waals surface area contributed by atoms with Gasteiger partial charge in [0.2, 0.25) is 5.91 Å². The molecule has 6 nitrogen and oxygen atoms in total. The molecule has 0 radical (unpaired) electrons. The first-order valence-electron chi connectivity index (χ1n) is 29.4. The molecule has 0 aromatic carbocycles. The third-order valence-electron chi connectivity index (χ3n) is 13.8. The number of carbonyl (C=O) groups is 2. The van der Waals surface area contributed by atoms with Crippen molar-refractivity contribution in [2.24, 2.45) is 0 Å². The van der Waals surface area contributed by atoms with E-state index in [0.717, 1.165) is 57.8 Å². The van der Waals surface area contributed by atoms with Gasteiger partial charge in [0.25, 0.3) is 0 Å². The molecule has 0 heterocycles. The van der Waals surface area contributed by atoms with Crippen LogP contribution >= 0.6 is 0 Å². The van der Waals surface area contributed by atoms with Crippen LogP contribution in [0.1, 0.15) is 328 Å². The van der Waals surface area contributed by atoms with Crippen molar-refractivity contribution < 1.29 is 24.5 Å². The molecule has 386 valence electrons. The summed E-state index contributed by atoms with van der Waals surface area (Å²) in [7, 11) is 0. The zero-order valence-electron chi connectivity index (χ0n) is 44.0. The highest BCUT2D eigenvalue weighted by Gasteiger charge is 2.20. The molecule has 3 N–H and O–H groups in total. The number of allylic oxidation sites excluding steroid dienone is 2. The second-order valence-corrected chi connectivity index (χ2v) is 20.3. The van der Waals surface area contributed by atoms with Gasteiger partial charge >= 0.3 is 5.97 Å². The molecule has 0 saturated heterocycles. The van der Waals surface area contributed by atoms with Gasteiger partial charge in [-0.15, -0.1) is 0 Å². The standard InChI is InChI=1S/C59H115NO5/c1-3-5-7-9-11-13-15-17-19-20-21-22-23-24-25-26-27-28-31-35-39-43-47-51-57(62)56(55-61)60-58(63)52-48-44-40-36-32-30-34-38-42-46-50-54-65-59(64)53-49-45-41-37-33-29-18-16-14-12-10-8-6-4-2/h16,18,56-57,61-62H,3-15,17,19-55H2,1-2H3,(H,60,63)/b18-16-. The van der Waals surface area contributed by atoms with E-state index < -0.39 is 12.1 Å². The number of aliphatic hydroxyl groups is 2. The molecule has 65 heavy (non-hydrogen) atoms.